The van der Waals surface area contributed by atoms with E-state index in [9.17, 15) is 4.79 Å². The van der Waals surface area contributed by atoms with Gasteiger partial charge in [0.1, 0.15) is 0 Å². The van der Waals surface area contributed by atoms with Gasteiger partial charge in [0.2, 0.25) is 0 Å². The topological polar surface area (TPSA) is 112 Å². The lowest BCUT2D eigenvalue weighted by Crippen LogP contribution is -2.09. The number of carboxylic acids is 3. The second kappa shape index (κ2) is 7.08. The first-order valence-electron chi connectivity index (χ1n) is 3.45. The van der Waals surface area contributed by atoms with Gasteiger partial charge in [-0.2, -0.15) is 0 Å². The Labute approximate surface area is 74.8 Å². The average molecular weight is 192 g/mol. The first kappa shape index (κ1) is 14.0. The molecule has 0 fully saturated rings. The maximum Gasteiger partial charge on any atom is 0.414 e. The van der Waals surface area contributed by atoms with E-state index in [1.165, 1.54) is 0 Å². The van der Waals surface area contributed by atoms with E-state index in [-0.39, 0.29) is 12.3 Å². The van der Waals surface area contributed by atoms with Crippen LogP contribution in [-0.4, -0.2) is 33.2 Å². The maximum atomic E-state index is 9.81. The van der Waals surface area contributed by atoms with Gasteiger partial charge in [-0.05, 0) is 5.92 Å². The molecule has 0 spiro atoms. The SMILES string of the molecule is CC(C)CC(=O)O.O=C(O)C(=O)O. The second-order valence-electron chi connectivity index (χ2n) is 2.60. The smallest absolute Gasteiger partial charge is 0.414 e. The minimum Gasteiger partial charge on any atom is -0.481 e. The lowest BCUT2D eigenvalue weighted by Gasteiger charge is -1.94. The second-order valence-corrected chi connectivity index (χ2v) is 2.60. The van der Waals surface area contributed by atoms with E-state index < -0.39 is 17.9 Å². The minimum absolute atomic E-state index is 0.275. The van der Waals surface area contributed by atoms with Crippen LogP contribution >= 0.6 is 0 Å². The molecule has 0 aromatic carbocycles. The summed E-state index contributed by atoms with van der Waals surface area (Å²) in [4.78, 5) is 28.0. The Hall–Kier alpha value is -1.59. The number of carbonyl (C=O) groups is 3. The number of rotatable bonds is 2. The number of hydrogen-bond acceptors (Lipinski definition) is 3. The van der Waals surface area contributed by atoms with Crippen LogP contribution in [0.15, 0.2) is 0 Å². The molecule has 0 aromatic rings. The molecule has 0 aliphatic carbocycles. The van der Waals surface area contributed by atoms with Gasteiger partial charge >= 0.3 is 17.9 Å². The molecule has 3 N–H and O–H groups in total. The Balaban J connectivity index is 0. The zero-order chi connectivity index (χ0) is 11.0. The molecule has 0 saturated heterocycles. The molecule has 0 heterocycles. The molecule has 13 heavy (non-hydrogen) atoms. The normalized spacial score (nSPS) is 8.54. The first-order valence-corrected chi connectivity index (χ1v) is 3.45. The first-order chi connectivity index (χ1) is 5.77. The summed E-state index contributed by atoms with van der Waals surface area (Å²) in [5, 5.41) is 22.9. The van der Waals surface area contributed by atoms with E-state index in [1.54, 1.807) is 0 Å². The van der Waals surface area contributed by atoms with Crippen LogP contribution in [0.25, 0.3) is 0 Å². The van der Waals surface area contributed by atoms with Crippen LogP contribution in [0, 0.1) is 5.92 Å². The Morgan fingerprint density at radius 1 is 1.00 bits per heavy atom. The molecule has 0 aliphatic rings. The quantitative estimate of drug-likeness (QED) is 0.541. The van der Waals surface area contributed by atoms with Crippen LogP contribution in [0.1, 0.15) is 20.3 Å². The largest absolute Gasteiger partial charge is 0.481 e. The molecule has 0 unspecified atom stereocenters. The summed E-state index contributed by atoms with van der Waals surface area (Å²) in [5.74, 6) is -4.09. The lowest BCUT2D eigenvalue weighted by atomic mass is 10.1. The van der Waals surface area contributed by atoms with Gasteiger partial charge < -0.3 is 15.3 Å². The summed E-state index contributed by atoms with van der Waals surface area (Å²) in [6.07, 6.45) is 0.278. The monoisotopic (exact) mass is 192 g/mol. The fourth-order valence-corrected chi connectivity index (χ4v) is 0.349. The van der Waals surface area contributed by atoms with Crippen molar-refractivity contribution in [3.63, 3.8) is 0 Å². The van der Waals surface area contributed by atoms with Crippen LogP contribution in [0.3, 0.4) is 0 Å². The van der Waals surface area contributed by atoms with Crippen LogP contribution in [-0.2, 0) is 14.4 Å². The fraction of sp³-hybridized carbons (Fsp3) is 0.571. The average Bonchev–Trinajstić information content (AvgIpc) is 1.84. The Morgan fingerprint density at radius 2 is 1.31 bits per heavy atom. The highest BCUT2D eigenvalue weighted by Crippen LogP contribution is 1.96. The Bertz CT molecular complexity index is 183. The molecule has 0 bridgehead atoms. The molecular weight excluding hydrogens is 180 g/mol. The maximum absolute atomic E-state index is 9.81. The van der Waals surface area contributed by atoms with Gasteiger partial charge in [0.05, 0.1) is 0 Å². The van der Waals surface area contributed by atoms with E-state index in [4.69, 9.17) is 24.9 Å². The summed E-state index contributed by atoms with van der Waals surface area (Å²) in [5.41, 5.74) is 0. The minimum atomic E-state index is -1.82. The Kier molecular flexibility index (Phi) is 7.61. The van der Waals surface area contributed by atoms with Gasteiger partial charge in [0.15, 0.2) is 0 Å². The molecule has 6 nitrogen and oxygen atoms in total. The standard InChI is InChI=1S/C5H10O2.C2H2O4/c1-4(2)3-5(6)7;3-1(4)2(5)6/h4H,3H2,1-2H3,(H,6,7);(H,3,4)(H,5,6). The molecule has 76 valence electrons. The van der Waals surface area contributed by atoms with E-state index in [2.05, 4.69) is 0 Å². The summed E-state index contributed by atoms with van der Waals surface area (Å²) in [6.45, 7) is 3.77. The highest BCUT2D eigenvalue weighted by Gasteiger charge is 2.04. The van der Waals surface area contributed by atoms with Gasteiger partial charge in [-0.15, -0.1) is 0 Å². The van der Waals surface area contributed by atoms with Gasteiger partial charge in [0, 0.05) is 6.42 Å². The van der Waals surface area contributed by atoms with Crippen molar-refractivity contribution in [3.05, 3.63) is 0 Å². The van der Waals surface area contributed by atoms with E-state index in [0.29, 0.717) is 0 Å². The lowest BCUT2D eigenvalue weighted by molar-refractivity contribution is -0.159. The molecule has 0 radical (unpaired) electrons. The van der Waals surface area contributed by atoms with Crippen molar-refractivity contribution in [2.75, 3.05) is 0 Å². The van der Waals surface area contributed by atoms with E-state index in [0.717, 1.165) is 0 Å². The van der Waals surface area contributed by atoms with Gasteiger partial charge in [-0.25, -0.2) is 9.59 Å². The summed E-state index contributed by atoms with van der Waals surface area (Å²) in [6, 6.07) is 0. The fourth-order valence-electron chi connectivity index (χ4n) is 0.349. The molecule has 0 rings (SSSR count). The van der Waals surface area contributed by atoms with E-state index >= 15 is 0 Å². The van der Waals surface area contributed by atoms with Crippen molar-refractivity contribution >= 4 is 17.9 Å². The highest BCUT2D eigenvalue weighted by molar-refractivity contribution is 6.27. The van der Waals surface area contributed by atoms with Crippen molar-refractivity contribution in [1.29, 1.82) is 0 Å². The molecule has 0 aromatic heterocycles. The van der Waals surface area contributed by atoms with Crippen molar-refractivity contribution in [2.24, 2.45) is 5.92 Å². The summed E-state index contributed by atoms with van der Waals surface area (Å²) in [7, 11) is 0. The predicted octanol–water partition coefficient (Wildman–Crippen LogP) is 0.273. The zero-order valence-corrected chi connectivity index (χ0v) is 7.35. The molecule has 0 saturated carbocycles. The predicted molar refractivity (Wildman–Crippen MR) is 42.4 cm³/mol. The van der Waals surface area contributed by atoms with Crippen molar-refractivity contribution in [3.8, 4) is 0 Å². The molecule has 0 atom stereocenters. The van der Waals surface area contributed by atoms with Gasteiger partial charge in [0.25, 0.3) is 0 Å². The number of hydrogen-bond donors (Lipinski definition) is 3. The zero-order valence-electron chi connectivity index (χ0n) is 7.35. The van der Waals surface area contributed by atoms with E-state index in [1.807, 2.05) is 13.8 Å². The number of aliphatic carboxylic acids is 3. The third kappa shape index (κ3) is 17.9. The molecule has 0 aliphatic heterocycles. The van der Waals surface area contributed by atoms with Crippen molar-refractivity contribution < 1.29 is 29.7 Å². The highest BCUT2D eigenvalue weighted by atomic mass is 16.4. The van der Waals surface area contributed by atoms with Crippen LogP contribution in [0.5, 0.6) is 0 Å². The van der Waals surface area contributed by atoms with Crippen LogP contribution < -0.4 is 0 Å². The van der Waals surface area contributed by atoms with Gasteiger partial charge in [-0.3, -0.25) is 4.79 Å². The van der Waals surface area contributed by atoms with Crippen molar-refractivity contribution in [1.82, 2.24) is 0 Å². The molecule has 6 heteroatoms. The van der Waals surface area contributed by atoms with Crippen molar-refractivity contribution in [2.45, 2.75) is 20.3 Å². The third-order valence-electron chi connectivity index (χ3n) is 0.766. The Morgan fingerprint density at radius 3 is 1.31 bits per heavy atom. The molecule has 0 amide bonds. The summed E-state index contributed by atoms with van der Waals surface area (Å²) >= 11 is 0. The number of carboxylic acid groups (broad SMARTS) is 3. The van der Waals surface area contributed by atoms with Gasteiger partial charge in [-0.1, -0.05) is 13.8 Å². The molecular formula is C7H12O6. The third-order valence-corrected chi connectivity index (χ3v) is 0.766. The van der Waals surface area contributed by atoms with Crippen LogP contribution in [0.4, 0.5) is 0 Å². The summed E-state index contributed by atoms with van der Waals surface area (Å²) < 4.78 is 0. The van der Waals surface area contributed by atoms with Crippen LogP contribution in [0.2, 0.25) is 0 Å².